The second-order valence-electron chi connectivity index (χ2n) is 7.57. The van der Waals surface area contributed by atoms with Gasteiger partial charge in [-0.15, -0.1) is 0 Å². The number of likely N-dealkylation sites (N-methyl/N-ethyl adjacent to an activating group) is 1. The summed E-state index contributed by atoms with van der Waals surface area (Å²) in [4.78, 5) is 19.0. The Hall–Kier alpha value is -1.43. The minimum Gasteiger partial charge on any atom is -0.390 e. The average Bonchev–Trinajstić information content (AvgIpc) is 3.07. The van der Waals surface area contributed by atoms with E-state index in [0.29, 0.717) is 32.2 Å². The largest absolute Gasteiger partial charge is 0.390 e. The van der Waals surface area contributed by atoms with Crippen LogP contribution in [0, 0.1) is 0 Å². The van der Waals surface area contributed by atoms with Crippen molar-refractivity contribution in [1.82, 2.24) is 14.7 Å². The van der Waals surface area contributed by atoms with Crippen LogP contribution in [0.25, 0.3) is 0 Å². The van der Waals surface area contributed by atoms with Gasteiger partial charge in [-0.25, -0.2) is 0 Å². The normalized spacial score (nSPS) is 23.2. The molecule has 1 aliphatic carbocycles. The highest BCUT2D eigenvalue weighted by molar-refractivity contribution is 5.78. The van der Waals surface area contributed by atoms with Gasteiger partial charge in [-0.1, -0.05) is 43.2 Å². The molecular formula is C20H31N3O2. The fourth-order valence-corrected chi connectivity index (χ4v) is 4.05. The topological polar surface area (TPSA) is 47.0 Å². The molecule has 1 aliphatic heterocycles. The molecule has 0 spiro atoms. The van der Waals surface area contributed by atoms with Crippen LogP contribution in [0.5, 0.6) is 0 Å². The molecule has 1 amide bonds. The third-order valence-corrected chi connectivity index (χ3v) is 5.52. The van der Waals surface area contributed by atoms with Crippen molar-refractivity contribution < 1.29 is 9.90 Å². The maximum absolute atomic E-state index is 12.7. The smallest absolute Gasteiger partial charge is 0.236 e. The summed E-state index contributed by atoms with van der Waals surface area (Å²) in [5, 5.41) is 10.4. The number of amides is 1. The Morgan fingerprint density at radius 1 is 1.16 bits per heavy atom. The zero-order valence-electron chi connectivity index (χ0n) is 15.3. The van der Waals surface area contributed by atoms with Crippen molar-refractivity contribution in [3.05, 3.63) is 35.9 Å². The fraction of sp³-hybridized carbons (Fsp3) is 0.650. The van der Waals surface area contributed by atoms with Gasteiger partial charge in [0.05, 0.1) is 12.6 Å². The van der Waals surface area contributed by atoms with Gasteiger partial charge >= 0.3 is 0 Å². The van der Waals surface area contributed by atoms with Crippen LogP contribution in [0.3, 0.4) is 0 Å². The SMILES string of the molecule is CN(CC(=O)N1CCN(Cc2ccccc2)CC(O)C1)C1CCCC1. The lowest BCUT2D eigenvalue weighted by atomic mass is 10.2. The molecule has 1 unspecified atom stereocenters. The molecule has 2 aliphatic rings. The molecule has 1 atom stereocenters. The van der Waals surface area contributed by atoms with Crippen LogP contribution in [0.2, 0.25) is 0 Å². The Morgan fingerprint density at radius 2 is 1.88 bits per heavy atom. The van der Waals surface area contributed by atoms with Gasteiger partial charge in [0.2, 0.25) is 5.91 Å². The van der Waals surface area contributed by atoms with Crippen LogP contribution >= 0.6 is 0 Å². The number of benzene rings is 1. The Labute approximate surface area is 151 Å². The molecule has 2 fully saturated rings. The van der Waals surface area contributed by atoms with E-state index in [2.05, 4.69) is 29.0 Å². The van der Waals surface area contributed by atoms with Gasteiger partial charge in [0.15, 0.2) is 0 Å². The summed E-state index contributed by atoms with van der Waals surface area (Å²) in [6, 6.07) is 10.9. The third-order valence-electron chi connectivity index (χ3n) is 5.52. The molecule has 1 N–H and O–H groups in total. The molecule has 1 aromatic carbocycles. The molecule has 0 aromatic heterocycles. The molecule has 0 bridgehead atoms. The van der Waals surface area contributed by atoms with E-state index in [-0.39, 0.29) is 5.91 Å². The molecule has 1 heterocycles. The maximum atomic E-state index is 12.7. The molecule has 1 aromatic rings. The number of carbonyl (C=O) groups is 1. The maximum Gasteiger partial charge on any atom is 0.236 e. The van der Waals surface area contributed by atoms with E-state index in [9.17, 15) is 9.90 Å². The first kappa shape index (κ1) is 18.4. The van der Waals surface area contributed by atoms with Gasteiger partial charge in [0, 0.05) is 38.8 Å². The van der Waals surface area contributed by atoms with Gasteiger partial charge in [0.25, 0.3) is 0 Å². The molecule has 25 heavy (non-hydrogen) atoms. The van der Waals surface area contributed by atoms with Crippen molar-refractivity contribution in [2.45, 2.75) is 44.4 Å². The second-order valence-corrected chi connectivity index (χ2v) is 7.57. The Bertz CT molecular complexity index is 545. The van der Waals surface area contributed by atoms with Crippen molar-refractivity contribution in [3.8, 4) is 0 Å². The summed E-state index contributed by atoms with van der Waals surface area (Å²) in [6.07, 6.45) is 4.49. The predicted octanol–water partition coefficient (Wildman–Crippen LogP) is 1.57. The van der Waals surface area contributed by atoms with E-state index in [0.717, 1.165) is 13.1 Å². The number of hydrogen-bond acceptors (Lipinski definition) is 4. The first-order valence-corrected chi connectivity index (χ1v) is 9.54. The van der Waals surface area contributed by atoms with Crippen molar-refractivity contribution in [2.75, 3.05) is 39.8 Å². The van der Waals surface area contributed by atoms with Gasteiger partial charge in [-0.2, -0.15) is 0 Å². The lowest BCUT2D eigenvalue weighted by molar-refractivity contribution is -0.133. The molecule has 1 saturated heterocycles. The van der Waals surface area contributed by atoms with E-state index >= 15 is 0 Å². The highest BCUT2D eigenvalue weighted by Crippen LogP contribution is 2.22. The van der Waals surface area contributed by atoms with Crippen LogP contribution in [-0.2, 0) is 11.3 Å². The molecule has 1 saturated carbocycles. The molecule has 5 nitrogen and oxygen atoms in total. The second kappa shape index (κ2) is 8.79. The van der Waals surface area contributed by atoms with Gasteiger partial charge in [-0.3, -0.25) is 14.6 Å². The molecular weight excluding hydrogens is 314 g/mol. The minimum absolute atomic E-state index is 0.148. The molecule has 3 rings (SSSR count). The predicted molar refractivity (Wildman–Crippen MR) is 99.2 cm³/mol. The van der Waals surface area contributed by atoms with E-state index < -0.39 is 6.10 Å². The number of aliphatic hydroxyl groups is 1. The van der Waals surface area contributed by atoms with Crippen molar-refractivity contribution in [1.29, 1.82) is 0 Å². The van der Waals surface area contributed by atoms with Crippen molar-refractivity contribution in [2.24, 2.45) is 0 Å². The number of carbonyl (C=O) groups excluding carboxylic acids is 1. The van der Waals surface area contributed by atoms with E-state index in [1.165, 1.54) is 31.2 Å². The summed E-state index contributed by atoms with van der Waals surface area (Å²) in [5.74, 6) is 0.148. The van der Waals surface area contributed by atoms with Crippen LogP contribution in [0.1, 0.15) is 31.2 Å². The summed E-state index contributed by atoms with van der Waals surface area (Å²) < 4.78 is 0. The monoisotopic (exact) mass is 345 g/mol. The Morgan fingerprint density at radius 3 is 2.60 bits per heavy atom. The molecule has 0 radical (unpaired) electrons. The van der Waals surface area contributed by atoms with Crippen LogP contribution in [-0.4, -0.2) is 77.6 Å². The lowest BCUT2D eigenvalue weighted by Gasteiger charge is -2.28. The number of aliphatic hydroxyl groups excluding tert-OH is 1. The van der Waals surface area contributed by atoms with E-state index in [4.69, 9.17) is 0 Å². The number of rotatable bonds is 5. The number of hydrogen-bond donors (Lipinski definition) is 1. The highest BCUT2D eigenvalue weighted by Gasteiger charge is 2.27. The number of β-amino-alcohol motifs (C(OH)–C–C–N with tert-alkyl or cyclic N) is 1. The summed E-state index contributed by atoms with van der Waals surface area (Å²) in [7, 11) is 2.06. The van der Waals surface area contributed by atoms with Gasteiger partial charge in [0.1, 0.15) is 0 Å². The van der Waals surface area contributed by atoms with Crippen LogP contribution in [0.15, 0.2) is 30.3 Å². The Kier molecular flexibility index (Phi) is 6.45. The minimum atomic E-state index is -0.480. The lowest BCUT2D eigenvalue weighted by Crippen LogP contribution is -2.44. The fourth-order valence-electron chi connectivity index (χ4n) is 4.05. The van der Waals surface area contributed by atoms with Gasteiger partial charge < -0.3 is 10.0 Å². The first-order chi connectivity index (χ1) is 12.1. The van der Waals surface area contributed by atoms with Crippen molar-refractivity contribution >= 4 is 5.91 Å². The standard InChI is InChI=1S/C20H31N3O2/c1-21(18-9-5-6-10-18)16-20(25)23-12-11-22(14-19(24)15-23)13-17-7-3-2-4-8-17/h2-4,7-8,18-19,24H,5-6,9-16H2,1H3. The summed E-state index contributed by atoms with van der Waals surface area (Å²) in [5.41, 5.74) is 1.25. The van der Waals surface area contributed by atoms with E-state index in [1.807, 2.05) is 23.1 Å². The Balaban J connectivity index is 1.52. The summed E-state index contributed by atoms with van der Waals surface area (Å²) in [6.45, 7) is 3.86. The first-order valence-electron chi connectivity index (χ1n) is 9.54. The van der Waals surface area contributed by atoms with E-state index in [1.54, 1.807) is 0 Å². The number of nitrogens with zero attached hydrogens (tertiary/aromatic N) is 3. The zero-order chi connectivity index (χ0) is 17.6. The zero-order valence-corrected chi connectivity index (χ0v) is 15.3. The van der Waals surface area contributed by atoms with Gasteiger partial charge in [-0.05, 0) is 25.5 Å². The van der Waals surface area contributed by atoms with Crippen molar-refractivity contribution in [3.63, 3.8) is 0 Å². The molecule has 5 heteroatoms. The summed E-state index contributed by atoms with van der Waals surface area (Å²) >= 11 is 0. The molecule has 138 valence electrons. The van der Waals surface area contributed by atoms with Crippen LogP contribution < -0.4 is 0 Å². The average molecular weight is 345 g/mol. The third kappa shape index (κ3) is 5.27. The van der Waals surface area contributed by atoms with Crippen LogP contribution in [0.4, 0.5) is 0 Å². The quantitative estimate of drug-likeness (QED) is 0.880. The highest BCUT2D eigenvalue weighted by atomic mass is 16.3.